The second kappa shape index (κ2) is 4.84. The van der Waals surface area contributed by atoms with Crippen LogP contribution in [0.15, 0.2) is 33.2 Å². The molecule has 0 fully saturated rings. The number of nitrogens with zero attached hydrogens (tertiary/aromatic N) is 1. The lowest BCUT2D eigenvalue weighted by molar-refractivity contribution is 0.109. The smallest absolute Gasteiger partial charge is 0.227 e. The molecule has 0 unspecified atom stereocenters. The number of hydrogen-bond donors (Lipinski definition) is 0. The Labute approximate surface area is 108 Å². The van der Waals surface area contributed by atoms with Crippen molar-refractivity contribution in [1.82, 2.24) is 4.98 Å². The Morgan fingerprint density at radius 2 is 2.18 bits per heavy atom. The largest absolute Gasteiger partial charge is 0.433 e. The maximum absolute atomic E-state index is 10.9. The number of hydrogen-bond acceptors (Lipinski definition) is 3. The van der Waals surface area contributed by atoms with Crippen LogP contribution in [0.1, 0.15) is 36.0 Å². The zero-order chi connectivity index (χ0) is 12.4. The van der Waals surface area contributed by atoms with E-state index < -0.39 is 0 Å². The number of benzene rings is 1. The molecule has 0 saturated carbocycles. The van der Waals surface area contributed by atoms with Crippen LogP contribution >= 0.6 is 15.9 Å². The summed E-state index contributed by atoms with van der Waals surface area (Å²) in [6.07, 6.45) is 0.712. The van der Waals surface area contributed by atoms with Gasteiger partial charge < -0.3 is 4.42 Å². The van der Waals surface area contributed by atoms with Crippen molar-refractivity contribution in [2.24, 2.45) is 0 Å². The molecule has 0 N–H and O–H groups in total. The molecule has 0 saturated heterocycles. The second-order valence-corrected chi connectivity index (χ2v) is 4.97. The van der Waals surface area contributed by atoms with E-state index in [0.29, 0.717) is 23.6 Å². The molecule has 1 heterocycles. The minimum absolute atomic E-state index is 0.167. The Bertz CT molecular complexity index is 546. The first-order valence-corrected chi connectivity index (χ1v) is 6.13. The molecule has 2 aromatic rings. The van der Waals surface area contributed by atoms with E-state index in [1.165, 1.54) is 0 Å². The molecule has 0 amide bonds. The monoisotopic (exact) mass is 293 g/mol. The molecule has 1 aromatic carbocycles. The summed E-state index contributed by atoms with van der Waals surface area (Å²) >= 11 is 3.39. The predicted molar refractivity (Wildman–Crippen MR) is 69.1 cm³/mol. The van der Waals surface area contributed by atoms with Crippen LogP contribution in [-0.4, -0.2) is 11.3 Å². The van der Waals surface area contributed by atoms with Crippen molar-refractivity contribution in [2.45, 2.75) is 19.8 Å². The van der Waals surface area contributed by atoms with E-state index in [4.69, 9.17) is 4.42 Å². The molecular weight excluding hydrogens is 282 g/mol. The minimum atomic E-state index is 0.167. The summed E-state index contributed by atoms with van der Waals surface area (Å²) in [7, 11) is 0. The summed E-state index contributed by atoms with van der Waals surface area (Å²) < 4.78 is 6.42. The van der Waals surface area contributed by atoms with Crippen LogP contribution in [-0.2, 0) is 0 Å². The summed E-state index contributed by atoms with van der Waals surface area (Å²) in [4.78, 5) is 15.3. The van der Waals surface area contributed by atoms with Crippen molar-refractivity contribution < 1.29 is 9.21 Å². The fourth-order valence-electron chi connectivity index (χ4n) is 1.59. The molecule has 0 aliphatic rings. The summed E-state index contributed by atoms with van der Waals surface area (Å²) in [6.45, 7) is 3.96. The van der Waals surface area contributed by atoms with E-state index in [-0.39, 0.29) is 5.92 Å². The number of oxazole rings is 1. The predicted octanol–water partition coefficient (Wildman–Crippen LogP) is 4.04. The van der Waals surface area contributed by atoms with Crippen LogP contribution in [0.3, 0.4) is 0 Å². The zero-order valence-electron chi connectivity index (χ0n) is 9.61. The number of aldehydes is 1. The van der Waals surface area contributed by atoms with Crippen molar-refractivity contribution in [2.75, 3.05) is 0 Å². The molecule has 0 spiro atoms. The summed E-state index contributed by atoms with van der Waals surface area (Å²) in [5.74, 6) is 0.965. The fourth-order valence-corrected chi connectivity index (χ4v) is 1.99. The minimum Gasteiger partial charge on any atom is -0.433 e. The Hall–Kier alpha value is -1.42. The van der Waals surface area contributed by atoms with Crippen LogP contribution in [0.2, 0.25) is 0 Å². The summed E-state index contributed by atoms with van der Waals surface area (Å²) in [6, 6.07) is 7.63. The molecule has 0 aliphatic carbocycles. The molecule has 0 radical (unpaired) electrons. The van der Waals surface area contributed by atoms with Gasteiger partial charge >= 0.3 is 0 Å². The third-order valence-corrected chi connectivity index (χ3v) is 2.90. The third kappa shape index (κ3) is 2.47. The van der Waals surface area contributed by atoms with Gasteiger partial charge in [0.1, 0.15) is 0 Å². The third-order valence-electron chi connectivity index (χ3n) is 2.41. The lowest BCUT2D eigenvalue weighted by Crippen LogP contribution is -1.92. The lowest BCUT2D eigenvalue weighted by atomic mass is 10.1. The Morgan fingerprint density at radius 3 is 2.71 bits per heavy atom. The molecule has 2 rings (SSSR count). The highest BCUT2D eigenvalue weighted by Crippen LogP contribution is 2.27. The second-order valence-electron chi connectivity index (χ2n) is 4.05. The molecule has 4 heteroatoms. The Kier molecular flexibility index (Phi) is 3.43. The maximum Gasteiger partial charge on any atom is 0.227 e. The van der Waals surface area contributed by atoms with Crippen molar-refractivity contribution in [3.05, 3.63) is 40.2 Å². The van der Waals surface area contributed by atoms with Gasteiger partial charge in [-0.15, -0.1) is 0 Å². The van der Waals surface area contributed by atoms with Gasteiger partial charge in [-0.3, -0.25) is 4.79 Å². The fraction of sp³-hybridized carbons (Fsp3) is 0.231. The molecule has 0 bridgehead atoms. The highest BCUT2D eigenvalue weighted by atomic mass is 79.9. The quantitative estimate of drug-likeness (QED) is 0.802. The molecule has 88 valence electrons. The van der Waals surface area contributed by atoms with Gasteiger partial charge in [0.05, 0.1) is 5.69 Å². The standard InChI is InChI=1S/C13H12BrNO2/c1-8(2)12-11(7-16)17-13(15-12)9-4-3-5-10(14)6-9/h3-8H,1-2H3. The van der Waals surface area contributed by atoms with E-state index in [2.05, 4.69) is 20.9 Å². The number of rotatable bonds is 3. The summed E-state index contributed by atoms with van der Waals surface area (Å²) in [5, 5.41) is 0. The van der Waals surface area contributed by atoms with Crippen LogP contribution in [0.5, 0.6) is 0 Å². The molecule has 0 atom stereocenters. The molecule has 0 aliphatic heterocycles. The normalized spacial score (nSPS) is 10.8. The van der Waals surface area contributed by atoms with E-state index >= 15 is 0 Å². The molecule has 3 nitrogen and oxygen atoms in total. The Balaban J connectivity index is 2.50. The molecular formula is C13H12BrNO2. The summed E-state index contributed by atoms with van der Waals surface area (Å²) in [5.41, 5.74) is 1.56. The van der Waals surface area contributed by atoms with Gasteiger partial charge in [-0.2, -0.15) is 0 Å². The first-order chi connectivity index (χ1) is 8.11. The number of halogens is 1. The van der Waals surface area contributed by atoms with Crippen molar-refractivity contribution in [3.63, 3.8) is 0 Å². The van der Waals surface area contributed by atoms with E-state index in [9.17, 15) is 4.79 Å². The molecule has 17 heavy (non-hydrogen) atoms. The van der Waals surface area contributed by atoms with Gasteiger partial charge in [0.2, 0.25) is 5.89 Å². The van der Waals surface area contributed by atoms with Gasteiger partial charge in [0.25, 0.3) is 0 Å². The first-order valence-electron chi connectivity index (χ1n) is 5.33. The van der Waals surface area contributed by atoms with Crippen LogP contribution < -0.4 is 0 Å². The highest BCUT2D eigenvalue weighted by molar-refractivity contribution is 9.10. The van der Waals surface area contributed by atoms with Gasteiger partial charge in [0.15, 0.2) is 12.0 Å². The van der Waals surface area contributed by atoms with Crippen molar-refractivity contribution in [1.29, 1.82) is 0 Å². The van der Waals surface area contributed by atoms with Gasteiger partial charge in [-0.1, -0.05) is 35.8 Å². The van der Waals surface area contributed by atoms with Gasteiger partial charge in [-0.25, -0.2) is 4.98 Å². The van der Waals surface area contributed by atoms with E-state index in [0.717, 1.165) is 10.0 Å². The number of aromatic nitrogens is 1. The van der Waals surface area contributed by atoms with Crippen LogP contribution in [0.25, 0.3) is 11.5 Å². The topological polar surface area (TPSA) is 43.1 Å². The van der Waals surface area contributed by atoms with E-state index in [1.54, 1.807) is 0 Å². The van der Waals surface area contributed by atoms with E-state index in [1.807, 2.05) is 38.1 Å². The van der Waals surface area contributed by atoms with Crippen molar-refractivity contribution in [3.8, 4) is 11.5 Å². The van der Waals surface area contributed by atoms with Crippen molar-refractivity contribution >= 4 is 22.2 Å². The highest BCUT2D eigenvalue weighted by Gasteiger charge is 2.16. The zero-order valence-corrected chi connectivity index (χ0v) is 11.2. The lowest BCUT2D eigenvalue weighted by Gasteiger charge is -1.97. The molecule has 1 aromatic heterocycles. The Morgan fingerprint density at radius 1 is 1.41 bits per heavy atom. The van der Waals surface area contributed by atoms with Crippen LogP contribution in [0, 0.1) is 0 Å². The SMILES string of the molecule is CC(C)c1nc(-c2cccc(Br)c2)oc1C=O. The number of carbonyl (C=O) groups is 1. The van der Waals surface area contributed by atoms with Gasteiger partial charge in [0, 0.05) is 10.0 Å². The first kappa shape index (κ1) is 12.0. The van der Waals surface area contributed by atoms with Gasteiger partial charge in [-0.05, 0) is 24.1 Å². The van der Waals surface area contributed by atoms with Crippen LogP contribution in [0.4, 0.5) is 0 Å². The number of carbonyl (C=O) groups excluding carboxylic acids is 1. The maximum atomic E-state index is 10.9. The average molecular weight is 294 g/mol. The average Bonchev–Trinajstić information content (AvgIpc) is 2.73.